The summed E-state index contributed by atoms with van der Waals surface area (Å²) in [6.07, 6.45) is 0.0198. The van der Waals surface area contributed by atoms with E-state index in [0.717, 1.165) is 48.1 Å². The van der Waals surface area contributed by atoms with Crippen molar-refractivity contribution in [1.29, 1.82) is 0 Å². The van der Waals surface area contributed by atoms with Crippen LogP contribution in [0.4, 0.5) is 13.2 Å². The van der Waals surface area contributed by atoms with E-state index in [1.807, 2.05) is 12.1 Å². The highest BCUT2D eigenvalue weighted by atomic mass is 32.1. The number of nitrogens with one attached hydrogen (secondary N) is 2. The molecule has 1 aromatic heterocycles. The number of benzene rings is 1. The second kappa shape index (κ2) is 9.02. The average molecular weight is 427 g/mol. The Kier molecular flexibility index (Phi) is 6.66. The maximum Gasteiger partial charge on any atom is 0.434 e. The van der Waals surface area contributed by atoms with E-state index in [9.17, 15) is 13.2 Å². The molecule has 1 aromatic carbocycles. The molecule has 1 heterocycles. The number of guanidine groups is 1. The number of aliphatic imine (C=N–C) groups is 1. The molecule has 0 atom stereocenters. The van der Waals surface area contributed by atoms with Crippen molar-refractivity contribution in [3.05, 3.63) is 45.9 Å². The number of thiazole rings is 1. The van der Waals surface area contributed by atoms with Gasteiger partial charge in [-0.2, -0.15) is 13.2 Å². The van der Waals surface area contributed by atoms with Crippen molar-refractivity contribution in [2.24, 2.45) is 4.99 Å². The van der Waals surface area contributed by atoms with Crippen LogP contribution in [0.3, 0.4) is 0 Å². The van der Waals surface area contributed by atoms with E-state index in [2.05, 4.69) is 32.7 Å². The van der Waals surface area contributed by atoms with Gasteiger partial charge in [0.25, 0.3) is 0 Å². The van der Waals surface area contributed by atoms with Crippen LogP contribution in [0, 0.1) is 0 Å². The zero-order chi connectivity index (χ0) is 20.9. The van der Waals surface area contributed by atoms with Crippen LogP contribution in [0.2, 0.25) is 0 Å². The molecule has 0 aliphatic heterocycles. The number of halogens is 3. The zero-order valence-electron chi connectivity index (χ0n) is 16.5. The van der Waals surface area contributed by atoms with Crippen LogP contribution >= 0.6 is 11.3 Å². The Morgan fingerprint density at radius 3 is 2.66 bits per heavy atom. The van der Waals surface area contributed by atoms with Gasteiger partial charge in [0.15, 0.2) is 11.7 Å². The van der Waals surface area contributed by atoms with Crippen molar-refractivity contribution in [2.45, 2.75) is 43.8 Å². The van der Waals surface area contributed by atoms with Gasteiger partial charge in [0, 0.05) is 24.4 Å². The molecule has 1 aliphatic carbocycles. The molecule has 0 bridgehead atoms. The summed E-state index contributed by atoms with van der Waals surface area (Å²) in [6.45, 7) is 0.873. The first-order valence-corrected chi connectivity index (χ1v) is 10.3. The van der Waals surface area contributed by atoms with Crippen LogP contribution < -0.4 is 15.4 Å². The van der Waals surface area contributed by atoms with Gasteiger partial charge >= 0.3 is 6.18 Å². The molecule has 1 aliphatic rings. The van der Waals surface area contributed by atoms with E-state index in [-0.39, 0.29) is 12.0 Å². The van der Waals surface area contributed by atoms with E-state index < -0.39 is 11.9 Å². The van der Waals surface area contributed by atoms with Crippen LogP contribution in [-0.4, -0.2) is 31.6 Å². The number of hydrogen-bond donors (Lipinski definition) is 2. The molecule has 5 nitrogen and oxygen atoms in total. The summed E-state index contributed by atoms with van der Waals surface area (Å²) in [5.41, 5.74) is 0.355. The molecule has 29 heavy (non-hydrogen) atoms. The maximum atomic E-state index is 12.7. The third-order valence-corrected chi connectivity index (χ3v) is 6.16. The van der Waals surface area contributed by atoms with Gasteiger partial charge in [0.05, 0.1) is 13.7 Å². The number of hydrogen-bond acceptors (Lipinski definition) is 4. The van der Waals surface area contributed by atoms with Gasteiger partial charge in [0.2, 0.25) is 0 Å². The molecule has 0 radical (unpaired) electrons. The predicted molar refractivity (Wildman–Crippen MR) is 108 cm³/mol. The molecule has 2 aromatic rings. The number of methoxy groups -OCH3 is 1. The normalized spacial score (nSPS) is 16.7. The van der Waals surface area contributed by atoms with Crippen molar-refractivity contribution in [1.82, 2.24) is 15.6 Å². The minimum atomic E-state index is -4.42. The van der Waals surface area contributed by atoms with Gasteiger partial charge in [0.1, 0.15) is 10.8 Å². The van der Waals surface area contributed by atoms with Gasteiger partial charge in [-0.15, -0.1) is 11.3 Å². The molecule has 0 spiro atoms. The summed E-state index contributed by atoms with van der Waals surface area (Å²) in [5, 5.41) is 7.80. The Balaban J connectivity index is 1.63. The summed E-state index contributed by atoms with van der Waals surface area (Å²) < 4.78 is 43.5. The Bertz CT molecular complexity index is 844. The van der Waals surface area contributed by atoms with Crippen molar-refractivity contribution in [3.63, 3.8) is 0 Å². The lowest BCUT2D eigenvalue weighted by Gasteiger charge is -2.31. The van der Waals surface area contributed by atoms with Gasteiger partial charge in [-0.25, -0.2) is 4.98 Å². The van der Waals surface area contributed by atoms with Crippen LogP contribution in [0.25, 0.3) is 0 Å². The third kappa shape index (κ3) is 5.20. The average Bonchev–Trinajstić information content (AvgIpc) is 3.38. The molecular formula is C20H25F3N4OS. The van der Waals surface area contributed by atoms with Gasteiger partial charge in [-0.3, -0.25) is 4.99 Å². The van der Waals surface area contributed by atoms with Gasteiger partial charge in [-0.1, -0.05) is 25.0 Å². The first-order chi connectivity index (χ1) is 13.9. The van der Waals surface area contributed by atoms with Gasteiger partial charge < -0.3 is 15.4 Å². The van der Waals surface area contributed by atoms with E-state index in [4.69, 9.17) is 4.74 Å². The van der Waals surface area contributed by atoms with Crippen LogP contribution in [-0.2, 0) is 18.1 Å². The Hall–Kier alpha value is -2.29. The third-order valence-electron chi connectivity index (χ3n) is 5.31. The minimum Gasteiger partial charge on any atom is -0.497 e. The fourth-order valence-electron chi connectivity index (χ4n) is 3.73. The molecule has 3 rings (SSSR count). The van der Waals surface area contributed by atoms with Crippen LogP contribution in [0.5, 0.6) is 5.75 Å². The van der Waals surface area contributed by atoms with E-state index >= 15 is 0 Å². The first-order valence-electron chi connectivity index (χ1n) is 9.47. The van der Waals surface area contributed by atoms with Crippen molar-refractivity contribution < 1.29 is 17.9 Å². The number of ether oxygens (including phenoxy) is 1. The fourth-order valence-corrected chi connectivity index (χ4v) is 4.47. The van der Waals surface area contributed by atoms with Crippen molar-refractivity contribution in [3.8, 4) is 5.75 Å². The summed E-state index contributed by atoms with van der Waals surface area (Å²) in [6, 6.07) is 8.14. The summed E-state index contributed by atoms with van der Waals surface area (Å²) in [7, 11) is 3.30. The highest BCUT2D eigenvalue weighted by Gasteiger charge is 2.36. The first kappa shape index (κ1) is 21.4. The molecule has 1 fully saturated rings. The minimum absolute atomic E-state index is 0.0171. The van der Waals surface area contributed by atoms with E-state index in [1.165, 1.54) is 5.56 Å². The smallest absolute Gasteiger partial charge is 0.434 e. The molecular weight excluding hydrogens is 401 g/mol. The number of nitrogens with zero attached hydrogens (tertiary/aromatic N) is 2. The van der Waals surface area contributed by atoms with Crippen LogP contribution in [0.15, 0.2) is 34.6 Å². The highest BCUT2D eigenvalue weighted by molar-refractivity contribution is 7.09. The molecule has 2 N–H and O–H groups in total. The largest absolute Gasteiger partial charge is 0.497 e. The Morgan fingerprint density at radius 2 is 2.03 bits per heavy atom. The zero-order valence-corrected chi connectivity index (χ0v) is 17.3. The molecule has 0 unspecified atom stereocenters. The Labute approximate surface area is 172 Å². The summed E-state index contributed by atoms with van der Waals surface area (Å²) in [5.74, 6) is 1.38. The quantitative estimate of drug-likeness (QED) is 0.533. The molecule has 1 saturated carbocycles. The highest BCUT2D eigenvalue weighted by Crippen LogP contribution is 2.41. The van der Waals surface area contributed by atoms with Crippen LogP contribution in [0.1, 0.15) is 41.9 Å². The second-order valence-corrected chi connectivity index (χ2v) is 8.07. The second-order valence-electron chi connectivity index (χ2n) is 7.12. The fraction of sp³-hybridized carbons (Fsp3) is 0.500. The van der Waals surface area contributed by atoms with E-state index in [0.29, 0.717) is 17.5 Å². The SMILES string of the molecule is CN=C(NCc1nc(C(F)(F)F)cs1)NCC1(c2cccc(OC)c2)CCCC1. The maximum absolute atomic E-state index is 12.7. The Morgan fingerprint density at radius 1 is 1.28 bits per heavy atom. The summed E-state index contributed by atoms with van der Waals surface area (Å²) >= 11 is 0.982. The lowest BCUT2D eigenvalue weighted by Crippen LogP contribution is -2.44. The van der Waals surface area contributed by atoms with Crippen molar-refractivity contribution in [2.75, 3.05) is 20.7 Å². The molecule has 0 saturated heterocycles. The lowest BCUT2D eigenvalue weighted by atomic mass is 9.78. The van der Waals surface area contributed by atoms with E-state index in [1.54, 1.807) is 14.2 Å². The number of rotatable bonds is 6. The number of alkyl halides is 3. The predicted octanol–water partition coefficient (Wildman–Crippen LogP) is 4.35. The summed E-state index contributed by atoms with van der Waals surface area (Å²) in [4.78, 5) is 7.84. The van der Waals surface area contributed by atoms with Crippen molar-refractivity contribution >= 4 is 17.3 Å². The molecule has 9 heteroatoms. The number of aromatic nitrogens is 1. The standard InChI is InChI=1S/C20H25F3N4OS/c1-24-18(25-11-17-27-16(12-29-17)20(21,22)23)26-13-19(8-3-4-9-19)14-6-5-7-15(10-14)28-2/h5-7,10,12H,3-4,8-9,11,13H2,1-2H3,(H2,24,25,26). The monoisotopic (exact) mass is 426 g/mol. The molecule has 0 amide bonds. The lowest BCUT2D eigenvalue weighted by molar-refractivity contribution is -0.140. The topological polar surface area (TPSA) is 58.5 Å². The van der Waals surface area contributed by atoms with Gasteiger partial charge in [-0.05, 0) is 30.5 Å². The molecule has 158 valence electrons.